The van der Waals surface area contributed by atoms with Gasteiger partial charge in [-0.15, -0.1) is 0 Å². The molecule has 16 heavy (non-hydrogen) atoms. The molecule has 0 saturated carbocycles. The molecule has 0 aliphatic rings. The van der Waals surface area contributed by atoms with Crippen LogP contribution in [0, 0.1) is 0 Å². The van der Waals surface area contributed by atoms with Crippen molar-refractivity contribution in [1.82, 2.24) is 0 Å². The van der Waals surface area contributed by atoms with E-state index < -0.39 is 0 Å². The molecule has 0 spiro atoms. The summed E-state index contributed by atoms with van der Waals surface area (Å²) in [6.45, 7) is 2.10. The minimum Gasteiger partial charge on any atom is -0.294 e. The third kappa shape index (κ3) is 2.30. The summed E-state index contributed by atoms with van der Waals surface area (Å²) in [4.78, 5) is 11.8. The molecule has 1 heteroatoms. The first-order valence-electron chi connectivity index (χ1n) is 5.83. The number of hydrogen-bond acceptors (Lipinski definition) is 1. The number of Topliss-reactive ketones (excluding diaryl/α,β-unsaturated/α-hetero) is 1. The van der Waals surface area contributed by atoms with Gasteiger partial charge in [-0.2, -0.15) is 0 Å². The summed E-state index contributed by atoms with van der Waals surface area (Å²) in [6, 6.07) is 14.1. The zero-order chi connectivity index (χ0) is 11.4. The van der Waals surface area contributed by atoms with Gasteiger partial charge in [-0.05, 0) is 23.3 Å². The lowest BCUT2D eigenvalue weighted by Crippen LogP contribution is -1.98. The normalized spacial score (nSPS) is 10.6. The van der Waals surface area contributed by atoms with Gasteiger partial charge in [0.25, 0.3) is 0 Å². The van der Waals surface area contributed by atoms with Crippen molar-refractivity contribution < 1.29 is 4.79 Å². The lowest BCUT2D eigenvalue weighted by Gasteiger charge is -2.02. The van der Waals surface area contributed by atoms with Crippen LogP contribution < -0.4 is 0 Å². The Morgan fingerprint density at radius 1 is 1.06 bits per heavy atom. The Labute approximate surface area is 96.1 Å². The van der Waals surface area contributed by atoms with Crippen LogP contribution >= 0.6 is 0 Å². The smallest absolute Gasteiger partial charge is 0.162 e. The number of carbonyl (C=O) groups is 1. The van der Waals surface area contributed by atoms with E-state index in [0.29, 0.717) is 6.42 Å². The van der Waals surface area contributed by atoms with E-state index in [4.69, 9.17) is 0 Å². The van der Waals surface area contributed by atoms with Crippen LogP contribution in [0.2, 0.25) is 0 Å². The van der Waals surface area contributed by atoms with E-state index in [1.807, 2.05) is 36.4 Å². The zero-order valence-electron chi connectivity index (χ0n) is 9.57. The molecule has 0 bridgehead atoms. The maximum atomic E-state index is 11.8. The zero-order valence-corrected chi connectivity index (χ0v) is 9.57. The van der Waals surface area contributed by atoms with E-state index in [1.165, 1.54) is 5.39 Å². The van der Waals surface area contributed by atoms with Gasteiger partial charge in [-0.1, -0.05) is 49.7 Å². The van der Waals surface area contributed by atoms with Crippen LogP contribution in [-0.4, -0.2) is 5.78 Å². The average molecular weight is 212 g/mol. The Morgan fingerprint density at radius 2 is 1.81 bits per heavy atom. The number of hydrogen-bond donors (Lipinski definition) is 0. The van der Waals surface area contributed by atoms with Crippen LogP contribution in [-0.2, 0) is 0 Å². The van der Waals surface area contributed by atoms with Crippen LogP contribution in [0.1, 0.15) is 36.5 Å². The third-order valence-electron chi connectivity index (χ3n) is 2.83. The molecule has 2 aromatic rings. The van der Waals surface area contributed by atoms with Gasteiger partial charge in [-0.3, -0.25) is 4.79 Å². The second-order valence-electron chi connectivity index (χ2n) is 4.09. The number of carbonyl (C=O) groups excluding carboxylic acids is 1. The molecule has 0 aliphatic heterocycles. The summed E-state index contributed by atoms with van der Waals surface area (Å²) in [6.07, 6.45) is 2.71. The fraction of sp³-hybridized carbons (Fsp3) is 0.267. The number of fused-ring (bicyclic) bond motifs is 1. The Balaban J connectivity index is 2.28. The van der Waals surface area contributed by atoms with Crippen molar-refractivity contribution in [3.63, 3.8) is 0 Å². The van der Waals surface area contributed by atoms with Gasteiger partial charge in [0.1, 0.15) is 0 Å². The van der Waals surface area contributed by atoms with Gasteiger partial charge in [0.15, 0.2) is 5.78 Å². The predicted molar refractivity (Wildman–Crippen MR) is 67.8 cm³/mol. The van der Waals surface area contributed by atoms with E-state index in [1.54, 1.807) is 0 Å². The second kappa shape index (κ2) is 4.93. The average Bonchev–Trinajstić information content (AvgIpc) is 2.35. The molecule has 0 fully saturated rings. The fourth-order valence-electron chi connectivity index (χ4n) is 1.84. The topological polar surface area (TPSA) is 17.1 Å². The fourth-order valence-corrected chi connectivity index (χ4v) is 1.84. The highest BCUT2D eigenvalue weighted by Crippen LogP contribution is 2.17. The highest BCUT2D eigenvalue weighted by Gasteiger charge is 2.05. The summed E-state index contributed by atoms with van der Waals surface area (Å²) in [5.74, 6) is 0.257. The summed E-state index contributed by atoms with van der Waals surface area (Å²) in [5.41, 5.74) is 0.840. The Morgan fingerprint density at radius 3 is 2.56 bits per heavy atom. The van der Waals surface area contributed by atoms with Crippen molar-refractivity contribution in [2.75, 3.05) is 0 Å². The number of ketones is 1. The molecule has 0 N–H and O–H groups in total. The Hall–Kier alpha value is -1.63. The van der Waals surface area contributed by atoms with Crippen molar-refractivity contribution in [1.29, 1.82) is 0 Å². The molecular weight excluding hydrogens is 196 g/mol. The molecular formula is C15H16O. The number of unbranched alkanes of at least 4 members (excludes halogenated alkanes) is 1. The lowest BCUT2D eigenvalue weighted by atomic mass is 10.0. The van der Waals surface area contributed by atoms with Crippen LogP contribution in [0.15, 0.2) is 42.5 Å². The molecule has 0 aromatic heterocycles. The molecule has 0 amide bonds. The molecule has 0 atom stereocenters. The van der Waals surface area contributed by atoms with E-state index in [0.717, 1.165) is 23.8 Å². The second-order valence-corrected chi connectivity index (χ2v) is 4.09. The maximum Gasteiger partial charge on any atom is 0.162 e. The molecule has 2 rings (SSSR count). The van der Waals surface area contributed by atoms with Gasteiger partial charge in [0.2, 0.25) is 0 Å². The van der Waals surface area contributed by atoms with Crippen molar-refractivity contribution >= 4 is 16.6 Å². The monoisotopic (exact) mass is 212 g/mol. The lowest BCUT2D eigenvalue weighted by molar-refractivity contribution is 0.0980. The van der Waals surface area contributed by atoms with Crippen molar-refractivity contribution in [3.8, 4) is 0 Å². The first-order valence-corrected chi connectivity index (χ1v) is 5.83. The molecule has 0 heterocycles. The highest BCUT2D eigenvalue weighted by molar-refractivity contribution is 5.99. The van der Waals surface area contributed by atoms with Crippen molar-refractivity contribution in [3.05, 3.63) is 48.0 Å². The van der Waals surface area contributed by atoms with E-state index in [9.17, 15) is 4.79 Å². The van der Waals surface area contributed by atoms with E-state index in [-0.39, 0.29) is 5.78 Å². The van der Waals surface area contributed by atoms with Crippen LogP contribution in [0.5, 0.6) is 0 Å². The maximum absolute atomic E-state index is 11.8. The molecule has 0 radical (unpaired) electrons. The summed E-state index contributed by atoms with van der Waals surface area (Å²) >= 11 is 0. The van der Waals surface area contributed by atoms with E-state index >= 15 is 0 Å². The predicted octanol–water partition coefficient (Wildman–Crippen LogP) is 4.21. The SMILES string of the molecule is CCCCC(=O)c1ccc2ccccc2c1. The molecule has 82 valence electrons. The summed E-state index contributed by atoms with van der Waals surface area (Å²) < 4.78 is 0. The molecule has 2 aromatic carbocycles. The van der Waals surface area contributed by atoms with Gasteiger partial charge in [0, 0.05) is 12.0 Å². The van der Waals surface area contributed by atoms with Crippen LogP contribution in [0.25, 0.3) is 10.8 Å². The minimum absolute atomic E-state index is 0.257. The van der Waals surface area contributed by atoms with Crippen LogP contribution in [0.4, 0.5) is 0 Å². The molecule has 0 aliphatic carbocycles. The Bertz CT molecular complexity index is 500. The largest absolute Gasteiger partial charge is 0.294 e. The molecule has 1 nitrogen and oxygen atoms in total. The van der Waals surface area contributed by atoms with Gasteiger partial charge >= 0.3 is 0 Å². The first-order chi connectivity index (χ1) is 7.81. The van der Waals surface area contributed by atoms with Gasteiger partial charge in [-0.25, -0.2) is 0 Å². The number of benzene rings is 2. The molecule has 0 saturated heterocycles. The first kappa shape index (κ1) is 10.9. The third-order valence-corrected chi connectivity index (χ3v) is 2.83. The highest BCUT2D eigenvalue weighted by atomic mass is 16.1. The van der Waals surface area contributed by atoms with Crippen molar-refractivity contribution in [2.24, 2.45) is 0 Å². The standard InChI is InChI=1S/C15H16O/c1-2-3-8-15(16)14-10-9-12-6-4-5-7-13(12)11-14/h4-7,9-11H,2-3,8H2,1H3. The molecule has 0 unspecified atom stereocenters. The quantitative estimate of drug-likeness (QED) is 0.694. The van der Waals surface area contributed by atoms with Gasteiger partial charge in [0.05, 0.1) is 0 Å². The van der Waals surface area contributed by atoms with E-state index in [2.05, 4.69) is 13.0 Å². The Kier molecular flexibility index (Phi) is 3.35. The van der Waals surface area contributed by atoms with Gasteiger partial charge < -0.3 is 0 Å². The van der Waals surface area contributed by atoms with Crippen molar-refractivity contribution in [2.45, 2.75) is 26.2 Å². The minimum atomic E-state index is 0.257. The summed E-state index contributed by atoms with van der Waals surface area (Å²) in [5, 5.41) is 2.33. The number of rotatable bonds is 4. The summed E-state index contributed by atoms with van der Waals surface area (Å²) in [7, 11) is 0. The van der Waals surface area contributed by atoms with Crippen LogP contribution in [0.3, 0.4) is 0 Å².